The first kappa shape index (κ1) is 18.9. The topological polar surface area (TPSA) is 180 Å². The van der Waals surface area contributed by atoms with Crippen molar-refractivity contribution in [3.8, 4) is 0 Å². The number of halogens is 1. The molecule has 0 aromatic carbocycles. The molecule has 1 fully saturated rings. The summed E-state index contributed by atoms with van der Waals surface area (Å²) in [6.07, 6.45) is 4.52. The number of rotatable bonds is 2. The van der Waals surface area contributed by atoms with Crippen molar-refractivity contribution in [1.82, 2.24) is 35.5 Å². The van der Waals surface area contributed by atoms with Crippen LogP contribution < -0.4 is 22.1 Å². The number of hydrogen-bond acceptors (Lipinski definition) is 9. The number of hydrogen-bond donors (Lipinski definition) is 5. The van der Waals surface area contributed by atoms with E-state index in [1.165, 1.54) is 0 Å². The normalized spacial score (nSPS) is 17.7. The summed E-state index contributed by atoms with van der Waals surface area (Å²) in [6, 6.07) is 0. The van der Waals surface area contributed by atoms with Gasteiger partial charge in [-0.1, -0.05) is 11.6 Å². The monoisotopic (exact) mass is 418 g/mol. The maximum Gasteiger partial charge on any atom is 0.289 e. The van der Waals surface area contributed by atoms with Crippen molar-refractivity contribution in [2.45, 2.75) is 18.4 Å². The fourth-order valence-corrected chi connectivity index (χ4v) is 3.49. The zero-order valence-corrected chi connectivity index (χ0v) is 16.0. The molecule has 2 amide bonds. The van der Waals surface area contributed by atoms with Crippen molar-refractivity contribution in [3.05, 3.63) is 29.1 Å². The molecule has 0 unspecified atom stereocenters. The first-order valence-electron chi connectivity index (χ1n) is 8.88. The number of amides is 2. The zero-order valence-electron chi connectivity index (χ0n) is 15.3. The number of anilines is 2. The molecule has 12 nitrogen and oxygen atoms in total. The molecule has 29 heavy (non-hydrogen) atoms. The zero-order chi connectivity index (χ0) is 20.6. The number of guanidine groups is 1. The van der Waals surface area contributed by atoms with E-state index in [1.54, 1.807) is 17.3 Å². The highest BCUT2D eigenvalue weighted by atomic mass is 35.5. The van der Waals surface area contributed by atoms with Crippen LogP contribution in [-0.2, 0) is 0 Å². The van der Waals surface area contributed by atoms with Gasteiger partial charge in [-0.15, -0.1) is 0 Å². The molecule has 0 atom stereocenters. The molecular weight excluding hydrogens is 400 g/mol. The summed E-state index contributed by atoms with van der Waals surface area (Å²) in [4.78, 5) is 45.5. The molecule has 1 spiro atoms. The van der Waals surface area contributed by atoms with Gasteiger partial charge < -0.3 is 26.7 Å². The Labute approximate surface area is 170 Å². The largest absolute Gasteiger partial charge is 0.382 e. The number of carbonyl (C=O) groups is 2. The molecule has 2 aliphatic rings. The number of aliphatic imine (C=N–C) groups is 1. The van der Waals surface area contributed by atoms with Crippen molar-refractivity contribution in [3.63, 3.8) is 0 Å². The predicted molar refractivity (Wildman–Crippen MR) is 105 cm³/mol. The second-order valence-corrected chi connectivity index (χ2v) is 7.25. The van der Waals surface area contributed by atoms with Crippen molar-refractivity contribution in [2.75, 3.05) is 31.1 Å². The van der Waals surface area contributed by atoms with Gasteiger partial charge in [-0.25, -0.2) is 15.0 Å². The molecule has 1 saturated heterocycles. The van der Waals surface area contributed by atoms with E-state index < -0.39 is 5.91 Å². The Morgan fingerprint density at radius 3 is 2.66 bits per heavy atom. The molecule has 0 saturated carbocycles. The summed E-state index contributed by atoms with van der Waals surface area (Å²) in [5.41, 5.74) is 10.8. The van der Waals surface area contributed by atoms with Crippen LogP contribution in [0.3, 0.4) is 0 Å². The minimum absolute atomic E-state index is 0.0492. The van der Waals surface area contributed by atoms with E-state index >= 15 is 0 Å². The van der Waals surface area contributed by atoms with E-state index in [0.29, 0.717) is 44.3 Å². The molecule has 4 heterocycles. The van der Waals surface area contributed by atoms with Gasteiger partial charge in [0.05, 0.1) is 12.1 Å². The molecule has 0 radical (unpaired) electrons. The van der Waals surface area contributed by atoms with Crippen molar-refractivity contribution >= 4 is 41.0 Å². The molecule has 0 aliphatic carbocycles. The quantitative estimate of drug-likeness (QED) is 0.427. The van der Waals surface area contributed by atoms with E-state index in [4.69, 9.17) is 23.1 Å². The van der Waals surface area contributed by atoms with Crippen LogP contribution in [0.15, 0.2) is 17.4 Å². The Hall–Kier alpha value is -3.41. The van der Waals surface area contributed by atoms with Crippen LogP contribution in [0.25, 0.3) is 0 Å². The van der Waals surface area contributed by atoms with Gasteiger partial charge in [-0.3, -0.25) is 19.9 Å². The van der Waals surface area contributed by atoms with Crippen LogP contribution in [0, 0.1) is 0 Å². The van der Waals surface area contributed by atoms with E-state index in [9.17, 15) is 9.59 Å². The lowest BCUT2D eigenvalue weighted by Gasteiger charge is -2.38. The standard InChI is InChI=1S/C16H19ClN10O2/c17-9-11(19)24-10(18)8(23-9)13(28)25-15-22-7-16(26-15)1-5-27(6-2-16)14(29)12-20-3-4-21-12/h3-4H,1-2,5-7H2,(H,20,21)(H4,18,19,24)(H2,22,25,26,28). The van der Waals surface area contributed by atoms with Gasteiger partial charge >= 0.3 is 0 Å². The summed E-state index contributed by atoms with van der Waals surface area (Å²) in [5.74, 6) is -0.258. The molecule has 2 aromatic heterocycles. The molecule has 7 N–H and O–H groups in total. The first-order chi connectivity index (χ1) is 13.9. The van der Waals surface area contributed by atoms with E-state index in [1.807, 2.05) is 0 Å². The van der Waals surface area contributed by atoms with Gasteiger partial charge in [-0.2, -0.15) is 0 Å². The van der Waals surface area contributed by atoms with Crippen LogP contribution in [0.4, 0.5) is 11.6 Å². The Bertz CT molecular complexity index is 982. The number of nitrogens with one attached hydrogen (secondary N) is 3. The molecule has 2 aromatic rings. The smallest absolute Gasteiger partial charge is 0.289 e. The summed E-state index contributed by atoms with van der Waals surface area (Å²) >= 11 is 5.82. The Morgan fingerprint density at radius 1 is 1.21 bits per heavy atom. The number of aromatic nitrogens is 4. The minimum atomic E-state index is -0.592. The van der Waals surface area contributed by atoms with Crippen LogP contribution >= 0.6 is 11.6 Å². The highest BCUT2D eigenvalue weighted by molar-refractivity contribution is 6.31. The number of nitrogen functional groups attached to an aromatic ring is 2. The fourth-order valence-electron chi connectivity index (χ4n) is 3.36. The highest BCUT2D eigenvalue weighted by Gasteiger charge is 2.40. The van der Waals surface area contributed by atoms with Crippen LogP contribution in [-0.4, -0.2) is 67.8 Å². The Balaban J connectivity index is 1.35. The minimum Gasteiger partial charge on any atom is -0.382 e. The summed E-state index contributed by atoms with van der Waals surface area (Å²) < 4.78 is 0. The van der Waals surface area contributed by atoms with Gasteiger partial charge in [0.2, 0.25) is 0 Å². The number of carbonyl (C=O) groups excluding carboxylic acids is 2. The SMILES string of the molecule is Nc1nc(N)c(C(=O)NC2=NCC3(CCN(C(=O)c4ncc[nH]4)CC3)N2)nc1Cl. The lowest BCUT2D eigenvalue weighted by molar-refractivity contribution is 0.0657. The molecule has 2 aliphatic heterocycles. The lowest BCUT2D eigenvalue weighted by atomic mass is 9.88. The molecule has 4 rings (SSSR count). The number of nitrogens with two attached hydrogens (primary N) is 2. The second kappa shape index (κ2) is 7.20. The van der Waals surface area contributed by atoms with Crippen molar-refractivity contribution < 1.29 is 9.59 Å². The number of piperidine rings is 1. The van der Waals surface area contributed by atoms with Crippen molar-refractivity contribution in [2.24, 2.45) is 4.99 Å². The van der Waals surface area contributed by atoms with Gasteiger partial charge in [0.1, 0.15) is 0 Å². The summed E-state index contributed by atoms with van der Waals surface area (Å²) in [7, 11) is 0. The maximum atomic E-state index is 12.5. The maximum absolute atomic E-state index is 12.5. The van der Waals surface area contributed by atoms with E-state index in [2.05, 4.69) is 35.6 Å². The number of aromatic amines is 1. The summed E-state index contributed by atoms with van der Waals surface area (Å²) in [6.45, 7) is 1.58. The van der Waals surface area contributed by atoms with Crippen LogP contribution in [0.5, 0.6) is 0 Å². The van der Waals surface area contributed by atoms with Gasteiger partial charge in [-0.05, 0) is 12.8 Å². The van der Waals surface area contributed by atoms with Gasteiger partial charge in [0.15, 0.2) is 34.3 Å². The Kier molecular flexibility index (Phi) is 4.70. The first-order valence-corrected chi connectivity index (χ1v) is 9.26. The number of imidazole rings is 1. The van der Waals surface area contributed by atoms with E-state index in [0.717, 1.165) is 0 Å². The number of nitrogens with zero attached hydrogens (tertiary/aromatic N) is 5. The predicted octanol–water partition coefficient (Wildman–Crippen LogP) is -0.618. The third kappa shape index (κ3) is 3.66. The molecule has 13 heteroatoms. The third-order valence-electron chi connectivity index (χ3n) is 4.98. The van der Waals surface area contributed by atoms with Crippen LogP contribution in [0.2, 0.25) is 5.15 Å². The number of H-pyrrole nitrogens is 1. The fraction of sp³-hybridized carbons (Fsp3) is 0.375. The average Bonchev–Trinajstić information content (AvgIpc) is 3.36. The average molecular weight is 419 g/mol. The number of likely N-dealkylation sites (tertiary alicyclic amines) is 1. The third-order valence-corrected chi connectivity index (χ3v) is 5.26. The Morgan fingerprint density at radius 2 is 1.97 bits per heavy atom. The second-order valence-electron chi connectivity index (χ2n) is 6.89. The van der Waals surface area contributed by atoms with E-state index in [-0.39, 0.29) is 33.9 Å². The van der Waals surface area contributed by atoms with Gasteiger partial charge in [0, 0.05) is 25.5 Å². The van der Waals surface area contributed by atoms with Gasteiger partial charge in [0.25, 0.3) is 11.8 Å². The van der Waals surface area contributed by atoms with Crippen molar-refractivity contribution in [1.29, 1.82) is 0 Å². The highest BCUT2D eigenvalue weighted by Crippen LogP contribution is 2.26. The lowest BCUT2D eigenvalue weighted by Crippen LogP contribution is -2.57. The molecule has 0 bridgehead atoms. The molecule has 152 valence electrons. The molecular formula is C16H19ClN10O2. The van der Waals surface area contributed by atoms with Crippen LogP contribution in [0.1, 0.15) is 33.9 Å². The summed E-state index contributed by atoms with van der Waals surface area (Å²) in [5, 5.41) is 5.79.